The van der Waals surface area contributed by atoms with Crippen molar-refractivity contribution in [3.63, 3.8) is 0 Å². The van der Waals surface area contributed by atoms with Crippen molar-refractivity contribution in [2.75, 3.05) is 13.2 Å². The number of hydrogen-bond donors (Lipinski definition) is 1. The molecule has 4 heteroatoms. The molecule has 0 unspecified atom stereocenters. The van der Waals surface area contributed by atoms with Crippen LogP contribution in [-0.4, -0.2) is 19.1 Å². The molecule has 1 aromatic rings. The van der Waals surface area contributed by atoms with Gasteiger partial charge in [0.2, 0.25) is 5.91 Å². The highest BCUT2D eigenvalue weighted by Crippen LogP contribution is 2.08. The Morgan fingerprint density at radius 2 is 1.83 bits per heavy atom. The van der Waals surface area contributed by atoms with E-state index in [4.69, 9.17) is 9.57 Å². The number of carbonyl (C=O) groups is 1. The fraction of sp³-hybridized carbons (Fsp3) is 0.500. The topological polar surface area (TPSA) is 47.6 Å². The Labute approximate surface area is 108 Å². The summed E-state index contributed by atoms with van der Waals surface area (Å²) in [5, 5.41) is 0. The van der Waals surface area contributed by atoms with Gasteiger partial charge in [-0.25, -0.2) is 5.48 Å². The number of nitrogens with one attached hydrogen (secondary N) is 1. The predicted molar refractivity (Wildman–Crippen MR) is 70.1 cm³/mol. The van der Waals surface area contributed by atoms with Crippen molar-refractivity contribution in [3.05, 3.63) is 30.3 Å². The maximum Gasteiger partial charge on any atom is 0.246 e. The van der Waals surface area contributed by atoms with Crippen LogP contribution < -0.4 is 10.2 Å². The molecule has 1 aromatic carbocycles. The van der Waals surface area contributed by atoms with Crippen molar-refractivity contribution >= 4 is 5.91 Å². The van der Waals surface area contributed by atoms with Crippen LogP contribution in [0.15, 0.2) is 30.3 Å². The number of carbonyl (C=O) groups excluding carboxylic acids is 1. The van der Waals surface area contributed by atoms with Crippen molar-refractivity contribution in [1.29, 1.82) is 0 Å². The second kappa shape index (κ2) is 8.53. The number of ether oxygens (including phenoxy) is 1. The molecule has 0 spiro atoms. The average molecular weight is 251 g/mol. The minimum atomic E-state index is -0.0558. The van der Waals surface area contributed by atoms with Crippen LogP contribution >= 0.6 is 0 Å². The van der Waals surface area contributed by atoms with Crippen molar-refractivity contribution in [3.8, 4) is 5.75 Å². The smallest absolute Gasteiger partial charge is 0.246 e. The minimum Gasteiger partial charge on any atom is -0.491 e. The Balaban J connectivity index is 2.10. The van der Waals surface area contributed by atoms with Crippen LogP contribution in [0.1, 0.15) is 26.7 Å². The zero-order valence-corrected chi connectivity index (χ0v) is 11.0. The number of benzene rings is 1. The summed E-state index contributed by atoms with van der Waals surface area (Å²) in [6.07, 6.45) is 1.65. The summed E-state index contributed by atoms with van der Waals surface area (Å²) in [6.45, 7) is 4.73. The maximum atomic E-state index is 11.6. The molecule has 0 fully saturated rings. The monoisotopic (exact) mass is 251 g/mol. The summed E-state index contributed by atoms with van der Waals surface area (Å²) in [5.74, 6) is 0.771. The van der Waals surface area contributed by atoms with Gasteiger partial charge in [0.25, 0.3) is 0 Å². The molecule has 1 rings (SSSR count). The quantitative estimate of drug-likeness (QED) is 0.570. The van der Waals surface area contributed by atoms with E-state index in [1.807, 2.05) is 44.2 Å². The third-order valence-corrected chi connectivity index (χ3v) is 2.73. The molecule has 0 saturated carbocycles. The second-order valence-electron chi connectivity index (χ2n) is 3.99. The Bertz CT molecular complexity index is 336. The van der Waals surface area contributed by atoms with Crippen LogP contribution in [0.25, 0.3) is 0 Å². The van der Waals surface area contributed by atoms with Gasteiger partial charge in [-0.2, -0.15) is 0 Å². The molecule has 0 atom stereocenters. The van der Waals surface area contributed by atoms with E-state index >= 15 is 0 Å². The van der Waals surface area contributed by atoms with Gasteiger partial charge in [0, 0.05) is 5.92 Å². The van der Waals surface area contributed by atoms with Crippen LogP contribution in [0.2, 0.25) is 0 Å². The van der Waals surface area contributed by atoms with E-state index < -0.39 is 0 Å². The number of rotatable bonds is 8. The lowest BCUT2D eigenvalue weighted by Gasteiger charge is -2.12. The number of amides is 1. The normalized spacial score (nSPS) is 10.4. The van der Waals surface area contributed by atoms with E-state index in [2.05, 4.69) is 5.48 Å². The summed E-state index contributed by atoms with van der Waals surface area (Å²) in [7, 11) is 0. The molecule has 0 aromatic heterocycles. The van der Waals surface area contributed by atoms with E-state index in [-0.39, 0.29) is 11.8 Å². The fourth-order valence-electron chi connectivity index (χ4n) is 1.58. The summed E-state index contributed by atoms with van der Waals surface area (Å²) < 4.78 is 5.42. The van der Waals surface area contributed by atoms with E-state index in [0.29, 0.717) is 13.2 Å². The first-order valence-electron chi connectivity index (χ1n) is 6.37. The number of para-hydroxylation sites is 1. The van der Waals surface area contributed by atoms with Gasteiger partial charge in [-0.15, -0.1) is 0 Å². The van der Waals surface area contributed by atoms with E-state index in [9.17, 15) is 4.79 Å². The molecule has 0 saturated heterocycles. The van der Waals surface area contributed by atoms with E-state index in [1.165, 1.54) is 0 Å². The lowest BCUT2D eigenvalue weighted by molar-refractivity contribution is -0.138. The van der Waals surface area contributed by atoms with Gasteiger partial charge in [-0.05, 0) is 25.0 Å². The molecule has 100 valence electrons. The van der Waals surface area contributed by atoms with Gasteiger partial charge >= 0.3 is 0 Å². The van der Waals surface area contributed by atoms with Crippen molar-refractivity contribution in [2.45, 2.75) is 26.7 Å². The number of hydrogen-bond acceptors (Lipinski definition) is 3. The molecule has 0 aliphatic carbocycles. The molecule has 0 bridgehead atoms. The van der Waals surface area contributed by atoms with Gasteiger partial charge in [0.1, 0.15) is 19.0 Å². The number of hydroxylamine groups is 1. The predicted octanol–water partition coefficient (Wildman–Crippen LogP) is 2.55. The summed E-state index contributed by atoms with van der Waals surface area (Å²) >= 11 is 0. The minimum absolute atomic E-state index is 0.0278. The van der Waals surface area contributed by atoms with Crippen molar-refractivity contribution in [2.24, 2.45) is 5.92 Å². The van der Waals surface area contributed by atoms with Gasteiger partial charge in [-0.1, -0.05) is 32.0 Å². The molecule has 1 N–H and O–H groups in total. The van der Waals surface area contributed by atoms with Crippen LogP contribution in [-0.2, 0) is 9.63 Å². The molecule has 1 amide bonds. The van der Waals surface area contributed by atoms with Crippen molar-refractivity contribution < 1.29 is 14.4 Å². The fourth-order valence-corrected chi connectivity index (χ4v) is 1.58. The molecule has 0 aliphatic rings. The van der Waals surface area contributed by atoms with Crippen LogP contribution in [0, 0.1) is 5.92 Å². The Kier molecular flexibility index (Phi) is 6.87. The van der Waals surface area contributed by atoms with Gasteiger partial charge < -0.3 is 4.74 Å². The zero-order chi connectivity index (χ0) is 13.2. The summed E-state index contributed by atoms with van der Waals surface area (Å²) in [4.78, 5) is 16.6. The lowest BCUT2D eigenvalue weighted by Crippen LogP contribution is -2.31. The summed E-state index contributed by atoms with van der Waals surface area (Å²) in [5.41, 5.74) is 2.45. The first-order chi connectivity index (χ1) is 8.77. The second-order valence-corrected chi connectivity index (χ2v) is 3.99. The van der Waals surface area contributed by atoms with Crippen LogP contribution in [0.4, 0.5) is 0 Å². The maximum absolute atomic E-state index is 11.6. The zero-order valence-electron chi connectivity index (χ0n) is 11.0. The van der Waals surface area contributed by atoms with Crippen LogP contribution in [0.5, 0.6) is 5.75 Å². The standard InChI is InChI=1S/C14H21NO3/c1-3-12(4-2)14(16)15-18-11-10-17-13-8-6-5-7-9-13/h5-9,12H,3-4,10-11H2,1-2H3,(H,15,16). The Morgan fingerprint density at radius 1 is 1.17 bits per heavy atom. The molecule has 0 radical (unpaired) electrons. The third kappa shape index (κ3) is 5.19. The van der Waals surface area contributed by atoms with Crippen molar-refractivity contribution in [1.82, 2.24) is 5.48 Å². The third-order valence-electron chi connectivity index (χ3n) is 2.73. The highest BCUT2D eigenvalue weighted by molar-refractivity contribution is 5.77. The molecule has 0 aliphatic heterocycles. The molecule has 4 nitrogen and oxygen atoms in total. The first kappa shape index (κ1) is 14.5. The highest BCUT2D eigenvalue weighted by Gasteiger charge is 2.13. The highest BCUT2D eigenvalue weighted by atomic mass is 16.7. The first-order valence-corrected chi connectivity index (χ1v) is 6.37. The SMILES string of the molecule is CCC(CC)C(=O)NOCCOc1ccccc1. The van der Waals surface area contributed by atoms with E-state index in [0.717, 1.165) is 18.6 Å². The molecular formula is C14H21NO3. The van der Waals surface area contributed by atoms with Crippen LogP contribution in [0.3, 0.4) is 0 Å². The van der Waals surface area contributed by atoms with Gasteiger partial charge in [0.05, 0.1) is 0 Å². The summed E-state index contributed by atoms with van der Waals surface area (Å²) in [6, 6.07) is 9.50. The lowest BCUT2D eigenvalue weighted by atomic mass is 10.0. The Morgan fingerprint density at radius 3 is 2.44 bits per heavy atom. The van der Waals surface area contributed by atoms with Gasteiger partial charge in [0.15, 0.2) is 0 Å². The largest absolute Gasteiger partial charge is 0.491 e. The molecular weight excluding hydrogens is 230 g/mol. The molecule has 18 heavy (non-hydrogen) atoms. The van der Waals surface area contributed by atoms with E-state index in [1.54, 1.807) is 0 Å². The average Bonchev–Trinajstić information content (AvgIpc) is 2.41. The molecule has 0 heterocycles. The Hall–Kier alpha value is -1.55. The van der Waals surface area contributed by atoms with Gasteiger partial charge in [-0.3, -0.25) is 9.63 Å².